The lowest BCUT2D eigenvalue weighted by Crippen LogP contribution is -2.34. The molecule has 3 aromatic rings. The minimum Gasteiger partial charge on any atom is -0.440 e. The van der Waals surface area contributed by atoms with Crippen molar-refractivity contribution in [1.29, 1.82) is 0 Å². The molecule has 1 aliphatic rings. The molecular formula is C18H17ClFN3O. The maximum absolute atomic E-state index is 13.3. The number of halogens is 2. The monoisotopic (exact) mass is 345 g/mol. The van der Waals surface area contributed by atoms with E-state index in [1.165, 1.54) is 12.1 Å². The third-order valence-corrected chi connectivity index (χ3v) is 4.77. The maximum Gasteiger partial charge on any atom is 0.199 e. The molecule has 1 aliphatic heterocycles. The van der Waals surface area contributed by atoms with E-state index in [0.29, 0.717) is 28.6 Å². The van der Waals surface area contributed by atoms with Crippen LogP contribution in [0.3, 0.4) is 0 Å². The number of hydrogen-bond acceptors (Lipinski definition) is 4. The molecule has 1 aromatic carbocycles. The normalized spacial score (nSPS) is 19.0. The highest BCUT2D eigenvalue weighted by molar-refractivity contribution is 6.31. The molecular weight excluding hydrogens is 329 g/mol. The summed E-state index contributed by atoms with van der Waals surface area (Å²) in [7, 11) is 0. The van der Waals surface area contributed by atoms with Gasteiger partial charge in [-0.3, -0.25) is 9.88 Å². The van der Waals surface area contributed by atoms with Gasteiger partial charge >= 0.3 is 0 Å². The van der Waals surface area contributed by atoms with Crippen LogP contribution in [0.25, 0.3) is 11.1 Å². The highest BCUT2D eigenvalue weighted by atomic mass is 35.5. The first-order valence-electron chi connectivity index (χ1n) is 8.07. The van der Waals surface area contributed by atoms with E-state index >= 15 is 0 Å². The minimum atomic E-state index is -0.305. The van der Waals surface area contributed by atoms with Gasteiger partial charge in [0.1, 0.15) is 11.3 Å². The van der Waals surface area contributed by atoms with Gasteiger partial charge in [0.2, 0.25) is 0 Å². The molecule has 1 saturated heterocycles. The second-order valence-corrected chi connectivity index (χ2v) is 6.58. The van der Waals surface area contributed by atoms with Crippen LogP contribution >= 0.6 is 11.6 Å². The first-order chi connectivity index (χ1) is 11.7. The number of nitrogens with zero attached hydrogens (tertiary/aromatic N) is 3. The van der Waals surface area contributed by atoms with Crippen molar-refractivity contribution in [3.63, 3.8) is 0 Å². The van der Waals surface area contributed by atoms with Gasteiger partial charge in [0.25, 0.3) is 0 Å². The van der Waals surface area contributed by atoms with Crippen LogP contribution in [0.4, 0.5) is 4.39 Å². The Morgan fingerprint density at radius 1 is 1.33 bits per heavy atom. The number of aromatic nitrogens is 2. The number of rotatable bonds is 3. The number of fused-ring (bicyclic) bond motifs is 1. The second-order valence-electron chi connectivity index (χ2n) is 6.17. The summed E-state index contributed by atoms with van der Waals surface area (Å²) in [4.78, 5) is 11.2. The van der Waals surface area contributed by atoms with Crippen LogP contribution in [0.1, 0.15) is 30.3 Å². The highest BCUT2D eigenvalue weighted by Gasteiger charge is 2.26. The van der Waals surface area contributed by atoms with E-state index < -0.39 is 0 Å². The fraction of sp³-hybridized carbons (Fsp3) is 0.333. The summed E-state index contributed by atoms with van der Waals surface area (Å²) >= 11 is 6.21. The molecule has 2 aromatic heterocycles. The van der Waals surface area contributed by atoms with E-state index in [0.717, 1.165) is 31.6 Å². The molecule has 4 nitrogen and oxygen atoms in total. The second kappa shape index (κ2) is 6.49. The Balaban J connectivity index is 1.52. The summed E-state index contributed by atoms with van der Waals surface area (Å²) in [5.74, 6) is 0.587. The number of piperidine rings is 1. The number of benzene rings is 1. The fourth-order valence-electron chi connectivity index (χ4n) is 3.24. The van der Waals surface area contributed by atoms with Crippen molar-refractivity contribution in [2.45, 2.75) is 25.3 Å². The van der Waals surface area contributed by atoms with Gasteiger partial charge in [-0.25, -0.2) is 9.37 Å². The Morgan fingerprint density at radius 2 is 2.25 bits per heavy atom. The van der Waals surface area contributed by atoms with Gasteiger partial charge in [-0.05, 0) is 43.7 Å². The number of likely N-dealkylation sites (tertiary alicyclic amines) is 1. The number of oxazole rings is 1. The van der Waals surface area contributed by atoms with Gasteiger partial charge in [-0.1, -0.05) is 11.6 Å². The summed E-state index contributed by atoms with van der Waals surface area (Å²) in [5, 5.41) is 0.692. The van der Waals surface area contributed by atoms with Crippen molar-refractivity contribution in [2.75, 3.05) is 13.1 Å². The molecule has 6 heteroatoms. The van der Waals surface area contributed by atoms with E-state index in [9.17, 15) is 4.39 Å². The maximum atomic E-state index is 13.3. The quantitative estimate of drug-likeness (QED) is 0.705. The molecule has 0 bridgehead atoms. The summed E-state index contributed by atoms with van der Waals surface area (Å²) < 4.78 is 19.1. The van der Waals surface area contributed by atoms with Crippen molar-refractivity contribution in [1.82, 2.24) is 14.9 Å². The molecule has 24 heavy (non-hydrogen) atoms. The Morgan fingerprint density at radius 3 is 3.12 bits per heavy atom. The lowest BCUT2D eigenvalue weighted by atomic mass is 9.98. The first-order valence-corrected chi connectivity index (χ1v) is 8.44. The van der Waals surface area contributed by atoms with Crippen LogP contribution in [-0.4, -0.2) is 28.0 Å². The molecule has 1 atom stereocenters. The van der Waals surface area contributed by atoms with Crippen molar-refractivity contribution < 1.29 is 8.81 Å². The molecule has 0 aliphatic carbocycles. The molecule has 1 unspecified atom stereocenters. The van der Waals surface area contributed by atoms with E-state index in [-0.39, 0.29) is 11.7 Å². The van der Waals surface area contributed by atoms with E-state index in [1.807, 2.05) is 12.1 Å². The summed E-state index contributed by atoms with van der Waals surface area (Å²) in [6.07, 6.45) is 3.84. The summed E-state index contributed by atoms with van der Waals surface area (Å²) in [5.41, 5.74) is 2.10. The van der Waals surface area contributed by atoms with Gasteiger partial charge in [0, 0.05) is 31.3 Å². The number of hydrogen-bond donors (Lipinski definition) is 0. The first kappa shape index (κ1) is 15.5. The smallest absolute Gasteiger partial charge is 0.199 e. The van der Waals surface area contributed by atoms with Crippen LogP contribution in [-0.2, 0) is 6.54 Å². The van der Waals surface area contributed by atoms with Crippen molar-refractivity contribution in [3.8, 4) is 0 Å². The van der Waals surface area contributed by atoms with Gasteiger partial charge in [-0.2, -0.15) is 0 Å². The zero-order valence-corrected chi connectivity index (χ0v) is 13.8. The Bertz CT molecular complexity index is 866. The van der Waals surface area contributed by atoms with Gasteiger partial charge in [0.15, 0.2) is 11.5 Å². The third kappa shape index (κ3) is 3.14. The average molecular weight is 346 g/mol. The lowest BCUT2D eigenvalue weighted by molar-refractivity contribution is 0.185. The number of pyridine rings is 1. The molecule has 0 saturated carbocycles. The fourth-order valence-corrected chi connectivity index (χ4v) is 3.42. The standard InChI is InChI=1S/C18H17ClFN3O/c19-14-4-1-7-21-16(14)11-23-8-2-3-12(10-23)18-22-15-6-5-13(20)9-17(15)24-18/h1,4-7,9,12H,2-3,8,10-11H2. The zero-order chi connectivity index (χ0) is 16.5. The SMILES string of the molecule is Fc1ccc2nc(C3CCCN(Cc4ncccc4Cl)C3)oc2c1. The summed E-state index contributed by atoms with van der Waals surface area (Å²) in [6, 6.07) is 8.15. The molecule has 0 amide bonds. The largest absolute Gasteiger partial charge is 0.440 e. The molecule has 0 spiro atoms. The topological polar surface area (TPSA) is 42.2 Å². The molecule has 0 radical (unpaired) electrons. The van der Waals surface area contributed by atoms with Crippen LogP contribution in [0.5, 0.6) is 0 Å². The third-order valence-electron chi connectivity index (χ3n) is 4.43. The van der Waals surface area contributed by atoms with E-state index in [2.05, 4.69) is 14.9 Å². The van der Waals surface area contributed by atoms with E-state index in [4.69, 9.17) is 16.0 Å². The molecule has 3 heterocycles. The van der Waals surface area contributed by atoms with Crippen LogP contribution in [0.2, 0.25) is 5.02 Å². The Kier molecular flexibility index (Phi) is 4.21. The molecule has 4 rings (SSSR count). The van der Waals surface area contributed by atoms with Gasteiger partial charge in [0.05, 0.1) is 10.7 Å². The van der Waals surface area contributed by atoms with Crippen LogP contribution in [0, 0.1) is 5.82 Å². The molecule has 1 fully saturated rings. The Hall–Kier alpha value is -1.98. The minimum absolute atomic E-state index is 0.205. The lowest BCUT2D eigenvalue weighted by Gasteiger charge is -2.31. The van der Waals surface area contributed by atoms with Crippen molar-refractivity contribution in [3.05, 3.63) is 59.0 Å². The summed E-state index contributed by atoms with van der Waals surface area (Å²) in [6.45, 7) is 2.55. The molecule has 124 valence electrons. The highest BCUT2D eigenvalue weighted by Crippen LogP contribution is 2.30. The predicted molar refractivity (Wildman–Crippen MR) is 90.5 cm³/mol. The Labute approximate surface area is 144 Å². The average Bonchev–Trinajstić information content (AvgIpc) is 3.00. The molecule has 0 N–H and O–H groups in total. The van der Waals surface area contributed by atoms with Crippen LogP contribution < -0.4 is 0 Å². The van der Waals surface area contributed by atoms with Gasteiger partial charge in [-0.15, -0.1) is 0 Å². The zero-order valence-electron chi connectivity index (χ0n) is 13.1. The predicted octanol–water partition coefficient (Wildman–Crippen LogP) is 4.39. The van der Waals surface area contributed by atoms with E-state index in [1.54, 1.807) is 12.3 Å². The van der Waals surface area contributed by atoms with Crippen molar-refractivity contribution in [2.24, 2.45) is 0 Å². The van der Waals surface area contributed by atoms with Crippen LogP contribution in [0.15, 0.2) is 40.9 Å². The van der Waals surface area contributed by atoms with Gasteiger partial charge < -0.3 is 4.42 Å². The van der Waals surface area contributed by atoms with Crippen molar-refractivity contribution >= 4 is 22.7 Å².